The first-order valence-corrected chi connectivity index (χ1v) is 8.19. The number of hydrogen-bond donors (Lipinski definition) is 3. The SMILES string of the molecule is O=C(Nc1ccc(Br)c(C(=O)O)c1)NC1CCSCC1. The maximum atomic E-state index is 11.9. The Kier molecular flexibility index (Phi) is 5.31. The lowest BCUT2D eigenvalue weighted by Crippen LogP contribution is -2.40. The second kappa shape index (κ2) is 6.99. The van der Waals surface area contributed by atoms with Crippen LogP contribution in [0.15, 0.2) is 22.7 Å². The van der Waals surface area contributed by atoms with Gasteiger partial charge in [-0.25, -0.2) is 9.59 Å². The smallest absolute Gasteiger partial charge is 0.336 e. The molecule has 2 amide bonds. The highest BCUT2D eigenvalue weighted by atomic mass is 79.9. The molecule has 108 valence electrons. The Hall–Kier alpha value is -1.21. The normalized spacial score (nSPS) is 15.7. The monoisotopic (exact) mass is 358 g/mol. The number of nitrogens with one attached hydrogen (secondary N) is 2. The van der Waals surface area contributed by atoms with Crippen molar-refractivity contribution in [2.75, 3.05) is 16.8 Å². The van der Waals surface area contributed by atoms with Crippen LogP contribution in [0.2, 0.25) is 0 Å². The van der Waals surface area contributed by atoms with Crippen LogP contribution in [0.5, 0.6) is 0 Å². The molecule has 1 fully saturated rings. The van der Waals surface area contributed by atoms with Gasteiger partial charge >= 0.3 is 12.0 Å². The molecule has 1 aliphatic rings. The lowest BCUT2D eigenvalue weighted by molar-refractivity contribution is 0.0696. The topological polar surface area (TPSA) is 78.4 Å². The molecular formula is C13H15BrN2O3S. The Morgan fingerprint density at radius 1 is 1.30 bits per heavy atom. The molecule has 0 unspecified atom stereocenters. The zero-order chi connectivity index (χ0) is 14.5. The van der Waals surface area contributed by atoms with Crippen LogP contribution in [0, 0.1) is 0 Å². The van der Waals surface area contributed by atoms with Crippen molar-refractivity contribution in [1.29, 1.82) is 0 Å². The van der Waals surface area contributed by atoms with Crippen LogP contribution >= 0.6 is 27.7 Å². The van der Waals surface area contributed by atoms with Gasteiger partial charge in [0.15, 0.2) is 0 Å². The zero-order valence-electron chi connectivity index (χ0n) is 10.7. The molecule has 1 aromatic rings. The third-order valence-corrected chi connectivity index (χ3v) is 4.75. The minimum atomic E-state index is -1.04. The molecule has 1 aromatic carbocycles. The molecule has 5 nitrogen and oxygen atoms in total. The van der Waals surface area contributed by atoms with E-state index in [0.29, 0.717) is 10.2 Å². The van der Waals surface area contributed by atoms with Gasteiger partial charge in [-0.1, -0.05) is 0 Å². The number of urea groups is 1. The summed E-state index contributed by atoms with van der Waals surface area (Å²) in [6.07, 6.45) is 1.94. The van der Waals surface area contributed by atoms with Crippen molar-refractivity contribution < 1.29 is 14.7 Å². The fraction of sp³-hybridized carbons (Fsp3) is 0.385. The molecule has 1 aliphatic heterocycles. The Morgan fingerprint density at radius 3 is 2.65 bits per heavy atom. The van der Waals surface area contributed by atoms with Crippen LogP contribution < -0.4 is 10.6 Å². The van der Waals surface area contributed by atoms with Crippen LogP contribution in [0.1, 0.15) is 23.2 Å². The molecule has 3 N–H and O–H groups in total. The molecule has 7 heteroatoms. The van der Waals surface area contributed by atoms with Gasteiger partial charge in [-0.15, -0.1) is 0 Å². The van der Waals surface area contributed by atoms with Crippen LogP contribution in [0.4, 0.5) is 10.5 Å². The third-order valence-electron chi connectivity index (χ3n) is 3.01. The first kappa shape index (κ1) is 15.2. The molecule has 0 saturated carbocycles. The van der Waals surface area contributed by atoms with E-state index in [-0.39, 0.29) is 17.6 Å². The summed E-state index contributed by atoms with van der Waals surface area (Å²) in [6, 6.07) is 4.61. The number of halogens is 1. The first-order chi connectivity index (χ1) is 9.56. The van der Waals surface area contributed by atoms with E-state index in [0.717, 1.165) is 24.3 Å². The van der Waals surface area contributed by atoms with Gasteiger partial charge in [-0.2, -0.15) is 11.8 Å². The number of carbonyl (C=O) groups is 2. The quantitative estimate of drug-likeness (QED) is 0.775. The minimum absolute atomic E-state index is 0.122. The van der Waals surface area contributed by atoms with Gasteiger partial charge in [0.05, 0.1) is 5.56 Å². The van der Waals surface area contributed by atoms with Crippen LogP contribution in [0.3, 0.4) is 0 Å². The van der Waals surface area contributed by atoms with Crippen molar-refractivity contribution >= 4 is 45.4 Å². The number of carboxylic acid groups (broad SMARTS) is 1. The second-order valence-corrected chi connectivity index (χ2v) is 6.56. The van der Waals surface area contributed by atoms with Gasteiger partial charge in [0.2, 0.25) is 0 Å². The number of anilines is 1. The molecule has 2 rings (SSSR count). The fourth-order valence-corrected chi connectivity index (χ4v) is 3.48. The fourth-order valence-electron chi connectivity index (χ4n) is 1.96. The molecule has 0 aromatic heterocycles. The maximum Gasteiger partial charge on any atom is 0.336 e. The van der Waals surface area contributed by atoms with E-state index in [1.807, 2.05) is 11.8 Å². The lowest BCUT2D eigenvalue weighted by atomic mass is 10.1. The summed E-state index contributed by atoms with van der Waals surface area (Å²) in [4.78, 5) is 22.9. The van der Waals surface area contributed by atoms with E-state index >= 15 is 0 Å². The summed E-state index contributed by atoms with van der Waals surface area (Å²) in [5, 5.41) is 14.6. The van der Waals surface area contributed by atoms with E-state index < -0.39 is 5.97 Å². The van der Waals surface area contributed by atoms with E-state index in [9.17, 15) is 9.59 Å². The maximum absolute atomic E-state index is 11.9. The van der Waals surface area contributed by atoms with Crippen molar-refractivity contribution in [3.8, 4) is 0 Å². The molecule has 0 radical (unpaired) electrons. The highest BCUT2D eigenvalue weighted by Gasteiger charge is 2.16. The average Bonchev–Trinajstić information content (AvgIpc) is 2.41. The molecule has 0 atom stereocenters. The standard InChI is InChI=1S/C13H15BrN2O3S/c14-11-2-1-9(7-10(11)12(17)18)16-13(19)15-8-3-5-20-6-4-8/h1-2,7-8H,3-6H2,(H,17,18)(H2,15,16,19). The van der Waals surface area contributed by atoms with Gasteiger partial charge in [0, 0.05) is 16.2 Å². The molecule has 20 heavy (non-hydrogen) atoms. The Labute approximate surface area is 129 Å². The first-order valence-electron chi connectivity index (χ1n) is 6.24. The minimum Gasteiger partial charge on any atom is -0.478 e. The van der Waals surface area contributed by atoms with E-state index in [4.69, 9.17) is 5.11 Å². The number of aromatic carboxylic acids is 1. The molecule has 1 heterocycles. The zero-order valence-corrected chi connectivity index (χ0v) is 13.1. The molecule has 0 spiro atoms. The number of amides is 2. The van der Waals surface area contributed by atoms with E-state index in [1.54, 1.807) is 12.1 Å². The summed E-state index contributed by atoms with van der Waals surface area (Å²) in [5.74, 6) is 1.09. The molecule has 0 bridgehead atoms. The summed E-state index contributed by atoms with van der Waals surface area (Å²) in [5.41, 5.74) is 0.588. The second-order valence-electron chi connectivity index (χ2n) is 4.48. The number of thioether (sulfide) groups is 1. The Bertz CT molecular complexity index is 518. The van der Waals surface area contributed by atoms with Crippen LogP contribution in [-0.4, -0.2) is 34.7 Å². The largest absolute Gasteiger partial charge is 0.478 e. The molecule has 1 saturated heterocycles. The highest BCUT2D eigenvalue weighted by molar-refractivity contribution is 9.10. The number of rotatable bonds is 3. The van der Waals surface area contributed by atoms with Crippen LogP contribution in [-0.2, 0) is 0 Å². The van der Waals surface area contributed by atoms with Crippen molar-refractivity contribution in [2.24, 2.45) is 0 Å². The summed E-state index contributed by atoms with van der Waals surface area (Å²) in [7, 11) is 0. The summed E-state index contributed by atoms with van der Waals surface area (Å²) in [6.45, 7) is 0. The molecular weight excluding hydrogens is 344 g/mol. The Balaban J connectivity index is 1.96. The number of carbonyl (C=O) groups excluding carboxylic acids is 1. The highest BCUT2D eigenvalue weighted by Crippen LogP contribution is 2.21. The predicted molar refractivity (Wildman–Crippen MR) is 83.6 cm³/mol. The van der Waals surface area contributed by atoms with Gasteiger partial charge < -0.3 is 15.7 Å². The van der Waals surface area contributed by atoms with Gasteiger partial charge in [-0.05, 0) is 58.5 Å². The molecule has 0 aliphatic carbocycles. The van der Waals surface area contributed by atoms with Crippen molar-refractivity contribution in [1.82, 2.24) is 5.32 Å². The third kappa shape index (κ3) is 4.14. The number of carboxylic acids is 1. The Morgan fingerprint density at radius 2 is 2.00 bits per heavy atom. The lowest BCUT2D eigenvalue weighted by Gasteiger charge is -2.22. The van der Waals surface area contributed by atoms with E-state index in [1.165, 1.54) is 6.07 Å². The van der Waals surface area contributed by atoms with Crippen molar-refractivity contribution in [3.63, 3.8) is 0 Å². The predicted octanol–water partition coefficient (Wildman–Crippen LogP) is 3.16. The summed E-state index contributed by atoms with van der Waals surface area (Å²) >= 11 is 5.06. The van der Waals surface area contributed by atoms with Gasteiger partial charge in [-0.3, -0.25) is 0 Å². The number of benzene rings is 1. The van der Waals surface area contributed by atoms with Gasteiger partial charge in [0.1, 0.15) is 0 Å². The van der Waals surface area contributed by atoms with Crippen molar-refractivity contribution in [2.45, 2.75) is 18.9 Å². The van der Waals surface area contributed by atoms with Crippen LogP contribution in [0.25, 0.3) is 0 Å². The van der Waals surface area contributed by atoms with Crippen molar-refractivity contribution in [3.05, 3.63) is 28.2 Å². The number of hydrogen-bond acceptors (Lipinski definition) is 3. The van der Waals surface area contributed by atoms with Gasteiger partial charge in [0.25, 0.3) is 0 Å². The van der Waals surface area contributed by atoms with E-state index in [2.05, 4.69) is 26.6 Å². The summed E-state index contributed by atoms with van der Waals surface area (Å²) < 4.78 is 0.486. The average molecular weight is 359 g/mol.